The summed E-state index contributed by atoms with van der Waals surface area (Å²) in [6.07, 6.45) is 2.28. The lowest BCUT2D eigenvalue weighted by Crippen LogP contribution is -2.43. The molecule has 0 amide bonds. The van der Waals surface area contributed by atoms with Crippen LogP contribution in [0.15, 0.2) is 0 Å². The van der Waals surface area contributed by atoms with Crippen LogP contribution in [0.3, 0.4) is 0 Å². The van der Waals surface area contributed by atoms with Crippen molar-refractivity contribution in [2.24, 2.45) is 17.3 Å². The Bertz CT molecular complexity index is 765. The molecule has 0 heterocycles. The van der Waals surface area contributed by atoms with Crippen molar-refractivity contribution in [2.75, 3.05) is 21.3 Å². The Hall–Kier alpha value is -1.75. The van der Waals surface area contributed by atoms with E-state index in [4.69, 9.17) is 14.2 Å². The monoisotopic (exact) mass is 390 g/mol. The third-order valence-corrected chi connectivity index (χ3v) is 6.91. The van der Waals surface area contributed by atoms with Crippen LogP contribution in [0, 0.1) is 17.3 Å². The Morgan fingerprint density at radius 2 is 1.61 bits per heavy atom. The highest BCUT2D eigenvalue weighted by Crippen LogP contribution is 2.54. The normalized spacial score (nSPS) is 26.3. The van der Waals surface area contributed by atoms with Crippen molar-refractivity contribution < 1.29 is 24.1 Å². The molecular weight excluding hydrogens is 356 g/mol. The second-order valence-corrected chi connectivity index (χ2v) is 9.22. The topological polar surface area (TPSA) is 65.0 Å². The molecule has 1 aromatic rings. The highest BCUT2D eigenvalue weighted by Gasteiger charge is 2.48. The van der Waals surface area contributed by atoms with E-state index in [1.54, 1.807) is 21.3 Å². The summed E-state index contributed by atoms with van der Waals surface area (Å²) >= 11 is 0. The fraction of sp³-hybridized carbons (Fsp3) is 0.696. The molecule has 5 nitrogen and oxygen atoms in total. The number of methoxy groups -OCH3 is 3. The number of carbonyl (C=O) groups excluding carboxylic acids is 1. The maximum Gasteiger partial charge on any atom is 0.168 e. The number of fused-ring (bicyclic) bond motifs is 2. The van der Waals surface area contributed by atoms with Gasteiger partial charge in [0, 0.05) is 17.5 Å². The Balaban J connectivity index is 2.30. The van der Waals surface area contributed by atoms with E-state index < -0.39 is 6.10 Å². The third kappa shape index (κ3) is 3.18. The van der Waals surface area contributed by atoms with Gasteiger partial charge in [-0.15, -0.1) is 0 Å². The van der Waals surface area contributed by atoms with Gasteiger partial charge in [-0.25, -0.2) is 0 Å². The Morgan fingerprint density at radius 1 is 1.00 bits per heavy atom. The lowest BCUT2D eigenvalue weighted by atomic mass is 9.60. The highest BCUT2D eigenvalue weighted by molar-refractivity contribution is 6.02. The first-order valence-corrected chi connectivity index (χ1v) is 10.2. The van der Waals surface area contributed by atoms with E-state index in [0.29, 0.717) is 35.7 Å². The van der Waals surface area contributed by atoms with Crippen molar-refractivity contribution >= 4 is 5.78 Å². The first kappa shape index (κ1) is 21.0. The first-order valence-electron chi connectivity index (χ1n) is 10.2. The molecule has 1 saturated carbocycles. The standard InChI is InChI=1S/C23H34O5/c1-12(2)18-21(27-6)19-14(20(26-5)22(18)28-7)10-13-15(11-17(19)25)23(3,4)9-8-16(13)24/h12-13,15-16,24H,8-11H2,1-7H3/t13-,15-,16+/m1/s1. The van der Waals surface area contributed by atoms with Crippen molar-refractivity contribution in [1.29, 1.82) is 0 Å². The first-order chi connectivity index (χ1) is 13.2. The van der Waals surface area contributed by atoms with Crippen molar-refractivity contribution in [3.8, 4) is 17.2 Å². The van der Waals surface area contributed by atoms with Gasteiger partial charge in [-0.05, 0) is 42.4 Å². The third-order valence-electron chi connectivity index (χ3n) is 6.91. The number of hydrogen-bond donors (Lipinski definition) is 1. The van der Waals surface area contributed by atoms with Gasteiger partial charge in [0.2, 0.25) is 0 Å². The molecule has 0 spiro atoms. The molecular formula is C23H34O5. The molecule has 2 aliphatic carbocycles. The minimum absolute atomic E-state index is 0.00698. The maximum absolute atomic E-state index is 13.5. The van der Waals surface area contributed by atoms with Crippen LogP contribution in [0.5, 0.6) is 17.2 Å². The van der Waals surface area contributed by atoms with Crippen LogP contribution in [-0.4, -0.2) is 38.3 Å². The van der Waals surface area contributed by atoms with E-state index in [0.717, 1.165) is 24.0 Å². The number of benzene rings is 1. The smallest absolute Gasteiger partial charge is 0.168 e. The molecule has 0 radical (unpaired) electrons. The summed E-state index contributed by atoms with van der Waals surface area (Å²) in [5.74, 6) is 2.14. The average Bonchev–Trinajstić information content (AvgIpc) is 2.80. The lowest BCUT2D eigenvalue weighted by molar-refractivity contribution is -0.0322. The van der Waals surface area contributed by atoms with Gasteiger partial charge in [0.1, 0.15) is 5.75 Å². The van der Waals surface area contributed by atoms with Crippen LogP contribution in [0.4, 0.5) is 0 Å². The molecule has 0 unspecified atom stereocenters. The fourth-order valence-electron chi connectivity index (χ4n) is 5.40. The van der Waals surface area contributed by atoms with Crippen LogP contribution in [0.25, 0.3) is 0 Å². The minimum Gasteiger partial charge on any atom is -0.496 e. The summed E-state index contributed by atoms with van der Waals surface area (Å²) in [4.78, 5) is 13.5. The molecule has 156 valence electrons. The van der Waals surface area contributed by atoms with Crippen LogP contribution >= 0.6 is 0 Å². The van der Waals surface area contributed by atoms with Crippen LogP contribution < -0.4 is 14.2 Å². The molecule has 3 atom stereocenters. The van der Waals surface area contributed by atoms with Gasteiger partial charge in [0.25, 0.3) is 0 Å². The zero-order valence-corrected chi connectivity index (χ0v) is 18.2. The predicted octanol–water partition coefficient (Wildman–Crippen LogP) is 4.38. The number of ketones is 1. The average molecular weight is 391 g/mol. The number of hydrogen-bond acceptors (Lipinski definition) is 5. The predicted molar refractivity (Wildman–Crippen MR) is 109 cm³/mol. The molecule has 0 bridgehead atoms. The summed E-state index contributed by atoms with van der Waals surface area (Å²) in [6.45, 7) is 8.54. The van der Waals surface area contributed by atoms with Crippen molar-refractivity contribution in [3.05, 3.63) is 16.7 Å². The fourth-order valence-corrected chi connectivity index (χ4v) is 5.40. The second kappa shape index (κ2) is 7.58. The zero-order valence-electron chi connectivity index (χ0n) is 18.2. The highest BCUT2D eigenvalue weighted by atomic mass is 16.5. The molecule has 0 saturated heterocycles. The summed E-state index contributed by atoms with van der Waals surface area (Å²) in [7, 11) is 4.84. The Kier molecular flexibility index (Phi) is 5.68. The molecule has 5 heteroatoms. The lowest BCUT2D eigenvalue weighted by Gasteiger charge is -2.45. The van der Waals surface area contributed by atoms with Crippen molar-refractivity contribution in [3.63, 3.8) is 0 Å². The van der Waals surface area contributed by atoms with Crippen molar-refractivity contribution in [2.45, 2.75) is 65.4 Å². The van der Waals surface area contributed by atoms with Crippen LogP contribution in [0.1, 0.15) is 74.4 Å². The number of ether oxygens (including phenoxy) is 3. The van der Waals surface area contributed by atoms with Gasteiger partial charge in [-0.1, -0.05) is 27.7 Å². The molecule has 3 rings (SSSR count). The van der Waals surface area contributed by atoms with E-state index in [-0.39, 0.29) is 29.0 Å². The van der Waals surface area contributed by atoms with Crippen molar-refractivity contribution in [1.82, 2.24) is 0 Å². The summed E-state index contributed by atoms with van der Waals surface area (Å²) in [5.41, 5.74) is 2.29. The van der Waals surface area contributed by atoms with Gasteiger partial charge in [0.15, 0.2) is 17.3 Å². The van der Waals surface area contributed by atoms with Gasteiger partial charge in [0.05, 0.1) is 33.0 Å². The van der Waals surface area contributed by atoms with Gasteiger partial charge >= 0.3 is 0 Å². The Morgan fingerprint density at radius 3 is 2.14 bits per heavy atom. The molecule has 0 aromatic heterocycles. The van der Waals surface area contributed by atoms with E-state index >= 15 is 0 Å². The maximum atomic E-state index is 13.5. The quantitative estimate of drug-likeness (QED) is 0.827. The number of rotatable bonds is 4. The number of Topliss-reactive ketones (excluding diaryl/α,β-unsaturated/α-hetero) is 1. The molecule has 0 aliphatic heterocycles. The van der Waals surface area contributed by atoms with E-state index in [2.05, 4.69) is 27.7 Å². The number of aliphatic hydroxyl groups is 1. The van der Waals surface area contributed by atoms with E-state index in [1.165, 1.54) is 0 Å². The molecule has 2 aliphatic rings. The minimum atomic E-state index is -0.414. The Labute approximate surface area is 168 Å². The van der Waals surface area contributed by atoms with Gasteiger partial charge < -0.3 is 19.3 Å². The zero-order chi connectivity index (χ0) is 20.8. The van der Waals surface area contributed by atoms with E-state index in [9.17, 15) is 9.90 Å². The van der Waals surface area contributed by atoms with Crippen LogP contribution in [-0.2, 0) is 6.42 Å². The van der Waals surface area contributed by atoms with Gasteiger partial charge in [-0.2, -0.15) is 0 Å². The van der Waals surface area contributed by atoms with Gasteiger partial charge in [-0.3, -0.25) is 4.79 Å². The number of aliphatic hydroxyl groups excluding tert-OH is 1. The molecule has 28 heavy (non-hydrogen) atoms. The molecule has 1 aromatic carbocycles. The summed E-state index contributed by atoms with van der Waals surface area (Å²) in [6, 6.07) is 0. The SMILES string of the molecule is COc1c2c(c(OC)c(C(C)C)c1OC)C(=O)C[C@@H]1[C@@H](C2)[C@@H](O)CCC1(C)C. The molecule has 1 fully saturated rings. The van der Waals surface area contributed by atoms with Crippen LogP contribution in [0.2, 0.25) is 0 Å². The van der Waals surface area contributed by atoms with E-state index in [1.807, 2.05) is 0 Å². The number of carbonyl (C=O) groups is 1. The molecule has 1 N–H and O–H groups in total. The second-order valence-electron chi connectivity index (χ2n) is 9.22. The largest absolute Gasteiger partial charge is 0.496 e. The summed E-state index contributed by atoms with van der Waals surface area (Å²) < 4.78 is 17.3. The summed E-state index contributed by atoms with van der Waals surface area (Å²) in [5, 5.41) is 10.8.